The number of nitriles is 1. The summed E-state index contributed by atoms with van der Waals surface area (Å²) in [6.45, 7) is 2.69. The number of fused-ring (bicyclic) bond motifs is 1. The third-order valence-electron chi connectivity index (χ3n) is 3.73. The molecule has 6 heteroatoms. The molecule has 0 saturated carbocycles. The Balaban J connectivity index is 2.04. The molecule has 3 aromatic rings. The molecule has 3 rings (SSSR count). The van der Waals surface area contributed by atoms with Gasteiger partial charge in [0.1, 0.15) is 5.75 Å². The highest BCUT2D eigenvalue weighted by molar-refractivity contribution is 5.88. The molecule has 0 aliphatic rings. The third kappa shape index (κ3) is 3.06. The predicted octanol–water partition coefficient (Wildman–Crippen LogP) is 5.10. The Kier molecular flexibility index (Phi) is 3.94. The fourth-order valence-corrected chi connectivity index (χ4v) is 2.75. The first-order valence-electron chi connectivity index (χ1n) is 7.31. The highest BCUT2D eigenvalue weighted by Crippen LogP contribution is 2.31. The van der Waals surface area contributed by atoms with Crippen LogP contribution in [-0.4, -0.2) is 10.9 Å². The Morgan fingerprint density at radius 2 is 1.79 bits per heavy atom. The number of aromatic nitrogens is 1. The standard InChI is InChI=1S/C18H13F3N2O/c1-2-23-16-8-3-12(11-22)9-14(16)10-17(23)13-4-6-15(7-5-13)24-18(19,20)21/h3-10H,2H2,1H3. The van der Waals surface area contributed by atoms with Crippen LogP contribution in [-0.2, 0) is 6.54 Å². The first-order valence-corrected chi connectivity index (χ1v) is 7.31. The molecular formula is C18H13F3N2O. The smallest absolute Gasteiger partial charge is 0.406 e. The molecular weight excluding hydrogens is 317 g/mol. The SMILES string of the molecule is CCn1c(-c2ccc(OC(F)(F)F)cc2)cc2cc(C#N)ccc21. The molecule has 0 amide bonds. The minimum absolute atomic E-state index is 0.253. The van der Waals surface area contributed by atoms with Crippen LogP contribution in [0.1, 0.15) is 12.5 Å². The van der Waals surface area contributed by atoms with E-state index in [-0.39, 0.29) is 5.75 Å². The number of halogens is 3. The van der Waals surface area contributed by atoms with Crippen LogP contribution in [0.5, 0.6) is 5.75 Å². The van der Waals surface area contributed by atoms with Gasteiger partial charge in [-0.25, -0.2) is 0 Å². The second-order valence-corrected chi connectivity index (χ2v) is 5.23. The number of ether oxygens (including phenoxy) is 1. The Bertz CT molecular complexity index is 918. The van der Waals surface area contributed by atoms with Crippen molar-refractivity contribution >= 4 is 10.9 Å². The zero-order valence-corrected chi connectivity index (χ0v) is 12.8. The average Bonchev–Trinajstić information content (AvgIpc) is 2.91. The number of alkyl halides is 3. The summed E-state index contributed by atoms with van der Waals surface area (Å²) in [4.78, 5) is 0. The van der Waals surface area contributed by atoms with E-state index < -0.39 is 6.36 Å². The van der Waals surface area contributed by atoms with Gasteiger partial charge in [-0.1, -0.05) is 0 Å². The molecule has 0 atom stereocenters. The molecule has 0 N–H and O–H groups in total. The summed E-state index contributed by atoms with van der Waals surface area (Å²) in [6, 6.07) is 15.2. The molecule has 0 fully saturated rings. The quantitative estimate of drug-likeness (QED) is 0.670. The topological polar surface area (TPSA) is 38.0 Å². The summed E-state index contributed by atoms with van der Waals surface area (Å²) >= 11 is 0. The number of hydrogen-bond donors (Lipinski definition) is 0. The largest absolute Gasteiger partial charge is 0.573 e. The third-order valence-corrected chi connectivity index (χ3v) is 3.73. The lowest BCUT2D eigenvalue weighted by Crippen LogP contribution is -2.16. The van der Waals surface area contributed by atoms with Gasteiger partial charge in [-0.05, 0) is 61.0 Å². The van der Waals surface area contributed by atoms with Gasteiger partial charge in [-0.2, -0.15) is 5.26 Å². The van der Waals surface area contributed by atoms with Gasteiger partial charge in [0, 0.05) is 23.1 Å². The van der Waals surface area contributed by atoms with E-state index in [1.54, 1.807) is 24.3 Å². The fourth-order valence-electron chi connectivity index (χ4n) is 2.75. The monoisotopic (exact) mass is 330 g/mol. The van der Waals surface area contributed by atoms with Crippen molar-refractivity contribution in [2.24, 2.45) is 0 Å². The van der Waals surface area contributed by atoms with Gasteiger partial charge in [0.2, 0.25) is 0 Å². The molecule has 0 saturated heterocycles. The van der Waals surface area contributed by atoms with E-state index in [2.05, 4.69) is 15.4 Å². The summed E-state index contributed by atoms with van der Waals surface area (Å²) in [6.07, 6.45) is -4.70. The molecule has 0 spiro atoms. The maximum Gasteiger partial charge on any atom is 0.573 e. The maximum absolute atomic E-state index is 12.2. The van der Waals surface area contributed by atoms with Crippen LogP contribution in [0.2, 0.25) is 0 Å². The van der Waals surface area contributed by atoms with Crippen LogP contribution in [0, 0.1) is 11.3 Å². The molecule has 1 aromatic heterocycles. The number of rotatable bonds is 3. The lowest BCUT2D eigenvalue weighted by molar-refractivity contribution is -0.274. The summed E-state index contributed by atoms with van der Waals surface area (Å²) in [5.74, 6) is -0.253. The first kappa shape index (κ1) is 15.9. The van der Waals surface area contributed by atoms with Gasteiger partial charge in [0.05, 0.1) is 11.6 Å². The zero-order valence-electron chi connectivity index (χ0n) is 12.8. The van der Waals surface area contributed by atoms with Gasteiger partial charge >= 0.3 is 6.36 Å². The lowest BCUT2D eigenvalue weighted by Gasteiger charge is -2.11. The van der Waals surface area contributed by atoms with Crippen LogP contribution in [0.25, 0.3) is 22.2 Å². The van der Waals surface area contributed by atoms with E-state index in [1.165, 1.54) is 12.1 Å². The molecule has 0 aliphatic heterocycles. The van der Waals surface area contributed by atoms with E-state index in [9.17, 15) is 13.2 Å². The summed E-state index contributed by atoms with van der Waals surface area (Å²) in [7, 11) is 0. The number of hydrogen-bond acceptors (Lipinski definition) is 2. The average molecular weight is 330 g/mol. The van der Waals surface area contributed by atoms with Crippen molar-refractivity contribution in [1.82, 2.24) is 4.57 Å². The van der Waals surface area contributed by atoms with Gasteiger partial charge in [-0.15, -0.1) is 13.2 Å². The van der Waals surface area contributed by atoms with Crippen molar-refractivity contribution in [3.63, 3.8) is 0 Å². The minimum atomic E-state index is -4.70. The Morgan fingerprint density at radius 1 is 1.08 bits per heavy atom. The predicted molar refractivity (Wildman–Crippen MR) is 84.4 cm³/mol. The van der Waals surface area contributed by atoms with Crippen LogP contribution < -0.4 is 4.74 Å². The van der Waals surface area contributed by atoms with Crippen molar-refractivity contribution < 1.29 is 17.9 Å². The maximum atomic E-state index is 12.2. The molecule has 0 aliphatic carbocycles. The Morgan fingerprint density at radius 3 is 2.38 bits per heavy atom. The fraction of sp³-hybridized carbons (Fsp3) is 0.167. The molecule has 0 bridgehead atoms. The van der Waals surface area contributed by atoms with E-state index in [1.807, 2.05) is 19.1 Å². The van der Waals surface area contributed by atoms with E-state index in [4.69, 9.17) is 5.26 Å². The van der Waals surface area contributed by atoms with Crippen LogP contribution in [0.4, 0.5) is 13.2 Å². The van der Waals surface area contributed by atoms with E-state index >= 15 is 0 Å². The van der Waals surface area contributed by atoms with Crippen LogP contribution in [0.15, 0.2) is 48.5 Å². The molecule has 3 nitrogen and oxygen atoms in total. The normalized spacial score (nSPS) is 11.5. The van der Waals surface area contributed by atoms with E-state index in [0.29, 0.717) is 12.1 Å². The second-order valence-electron chi connectivity index (χ2n) is 5.23. The number of aryl methyl sites for hydroxylation is 1. The Labute approximate surface area is 136 Å². The molecule has 1 heterocycles. The van der Waals surface area contributed by atoms with Crippen molar-refractivity contribution in [2.75, 3.05) is 0 Å². The second kappa shape index (κ2) is 5.93. The van der Waals surface area contributed by atoms with Crippen molar-refractivity contribution in [1.29, 1.82) is 5.26 Å². The summed E-state index contributed by atoms with van der Waals surface area (Å²) < 4.78 is 42.7. The number of nitrogens with zero attached hydrogens (tertiary/aromatic N) is 2. The van der Waals surface area contributed by atoms with E-state index in [0.717, 1.165) is 22.2 Å². The van der Waals surface area contributed by atoms with Gasteiger partial charge in [0.15, 0.2) is 0 Å². The van der Waals surface area contributed by atoms with Gasteiger partial charge in [0.25, 0.3) is 0 Å². The van der Waals surface area contributed by atoms with Gasteiger partial charge in [-0.3, -0.25) is 0 Å². The molecule has 24 heavy (non-hydrogen) atoms. The molecule has 2 aromatic carbocycles. The highest BCUT2D eigenvalue weighted by atomic mass is 19.4. The lowest BCUT2D eigenvalue weighted by atomic mass is 10.1. The molecule has 0 radical (unpaired) electrons. The zero-order chi connectivity index (χ0) is 17.3. The highest BCUT2D eigenvalue weighted by Gasteiger charge is 2.31. The molecule has 122 valence electrons. The summed E-state index contributed by atoms with van der Waals surface area (Å²) in [5.41, 5.74) is 3.19. The molecule has 0 unspecified atom stereocenters. The van der Waals surface area contributed by atoms with Crippen molar-refractivity contribution in [3.8, 4) is 23.1 Å². The van der Waals surface area contributed by atoms with Gasteiger partial charge < -0.3 is 9.30 Å². The van der Waals surface area contributed by atoms with Crippen LogP contribution >= 0.6 is 0 Å². The first-order chi connectivity index (χ1) is 11.4. The summed E-state index contributed by atoms with van der Waals surface area (Å²) in [5, 5.41) is 9.93. The minimum Gasteiger partial charge on any atom is -0.406 e. The van der Waals surface area contributed by atoms with Crippen LogP contribution in [0.3, 0.4) is 0 Å². The number of benzene rings is 2. The van der Waals surface area contributed by atoms with Crippen molar-refractivity contribution in [3.05, 3.63) is 54.1 Å². The Hall–Kier alpha value is -2.94. The van der Waals surface area contributed by atoms with Crippen molar-refractivity contribution in [2.45, 2.75) is 19.8 Å².